The molecule has 1 atom stereocenters. The maximum Gasteiger partial charge on any atom is 0.250 e. The van der Waals surface area contributed by atoms with E-state index in [0.29, 0.717) is 0 Å². The summed E-state index contributed by atoms with van der Waals surface area (Å²) in [5.74, 6) is 0.00900. The lowest BCUT2D eigenvalue weighted by molar-refractivity contribution is -0.130. The van der Waals surface area contributed by atoms with Crippen LogP contribution < -0.4 is 11.1 Å². The number of rotatable bonds is 6. The minimum atomic E-state index is -2.41. The highest BCUT2D eigenvalue weighted by molar-refractivity contribution is 5.77. The van der Waals surface area contributed by atoms with Gasteiger partial charge in [-0.1, -0.05) is 0 Å². The van der Waals surface area contributed by atoms with E-state index < -0.39 is 13.0 Å². The highest BCUT2D eigenvalue weighted by atomic mass is 19.3. The monoisotopic (exact) mass is 235 g/mol. The summed E-state index contributed by atoms with van der Waals surface area (Å²) in [5.41, 5.74) is 5.43. The third-order valence-corrected chi connectivity index (χ3v) is 2.73. The molecule has 0 aromatic heterocycles. The summed E-state index contributed by atoms with van der Waals surface area (Å²) < 4.78 is 23.9. The summed E-state index contributed by atoms with van der Waals surface area (Å²) in [6.07, 6.45) is -0.133. The first-order chi connectivity index (χ1) is 7.63. The number of hydrogen-bond acceptors (Lipinski definition) is 3. The number of hydrogen-bond donors (Lipinski definition) is 2. The Morgan fingerprint density at radius 2 is 2.00 bits per heavy atom. The van der Waals surface area contributed by atoms with Crippen molar-refractivity contribution in [3.05, 3.63) is 0 Å². The molecule has 1 amide bonds. The maximum atomic E-state index is 12.0. The van der Waals surface area contributed by atoms with Gasteiger partial charge in [-0.25, -0.2) is 8.78 Å². The Morgan fingerprint density at radius 1 is 1.38 bits per heavy atom. The van der Waals surface area contributed by atoms with Gasteiger partial charge in [-0.2, -0.15) is 0 Å². The van der Waals surface area contributed by atoms with E-state index in [4.69, 9.17) is 5.73 Å². The second-order valence-electron chi connectivity index (χ2n) is 4.02. The van der Waals surface area contributed by atoms with E-state index in [1.54, 1.807) is 4.90 Å². The largest absolute Gasteiger partial charge is 0.343 e. The third-order valence-electron chi connectivity index (χ3n) is 2.73. The van der Waals surface area contributed by atoms with Gasteiger partial charge < -0.3 is 16.0 Å². The van der Waals surface area contributed by atoms with Crippen LogP contribution in [0.1, 0.15) is 19.3 Å². The molecule has 6 heteroatoms. The molecule has 0 spiro atoms. The minimum Gasteiger partial charge on any atom is -0.343 e. The molecule has 1 heterocycles. The Kier molecular flexibility index (Phi) is 5.62. The molecule has 1 aliphatic rings. The minimum absolute atomic E-state index is 0.00900. The summed E-state index contributed by atoms with van der Waals surface area (Å²) >= 11 is 0. The molecule has 1 unspecified atom stereocenters. The second-order valence-corrected chi connectivity index (χ2v) is 4.02. The molecule has 0 bridgehead atoms. The van der Waals surface area contributed by atoms with Gasteiger partial charge >= 0.3 is 0 Å². The van der Waals surface area contributed by atoms with Gasteiger partial charge in [0.2, 0.25) is 5.91 Å². The normalized spacial score (nSPS) is 18.1. The number of amides is 1. The first-order valence-corrected chi connectivity index (χ1v) is 5.63. The molecule has 1 rings (SSSR count). The number of likely N-dealkylation sites (tertiary alicyclic amines) is 1. The summed E-state index contributed by atoms with van der Waals surface area (Å²) in [6.45, 7) is 1.36. The van der Waals surface area contributed by atoms with Crippen molar-refractivity contribution in [1.29, 1.82) is 0 Å². The first kappa shape index (κ1) is 13.3. The van der Waals surface area contributed by atoms with E-state index in [9.17, 15) is 13.6 Å². The van der Waals surface area contributed by atoms with Gasteiger partial charge in [0.25, 0.3) is 6.43 Å². The molecule has 1 fully saturated rings. The van der Waals surface area contributed by atoms with Crippen molar-refractivity contribution in [1.82, 2.24) is 10.2 Å². The van der Waals surface area contributed by atoms with Crippen LogP contribution in [0.15, 0.2) is 0 Å². The summed E-state index contributed by atoms with van der Waals surface area (Å²) in [6, 6.07) is -0.345. The Hall–Kier alpha value is -0.750. The van der Waals surface area contributed by atoms with Gasteiger partial charge in [-0.05, 0) is 12.8 Å². The molecule has 1 aliphatic heterocycles. The average molecular weight is 235 g/mol. The highest BCUT2D eigenvalue weighted by Crippen LogP contribution is 2.09. The number of nitrogens with zero attached hydrogens (tertiary/aromatic N) is 1. The fourth-order valence-electron chi connectivity index (χ4n) is 1.80. The van der Waals surface area contributed by atoms with E-state index in [1.807, 2.05) is 0 Å². The zero-order valence-electron chi connectivity index (χ0n) is 9.29. The Balaban J connectivity index is 2.28. The number of carbonyl (C=O) groups excluding carboxylic acids is 1. The van der Waals surface area contributed by atoms with Crippen molar-refractivity contribution in [3.8, 4) is 0 Å². The molecular weight excluding hydrogens is 216 g/mol. The van der Waals surface area contributed by atoms with Gasteiger partial charge in [0.15, 0.2) is 0 Å². The quantitative estimate of drug-likeness (QED) is 0.690. The van der Waals surface area contributed by atoms with E-state index >= 15 is 0 Å². The smallest absolute Gasteiger partial charge is 0.250 e. The molecular formula is C10H19F2N3O. The summed E-state index contributed by atoms with van der Waals surface area (Å²) in [4.78, 5) is 13.5. The van der Waals surface area contributed by atoms with Gasteiger partial charge in [0.05, 0.1) is 6.54 Å². The third kappa shape index (κ3) is 4.40. The number of halogens is 2. The van der Waals surface area contributed by atoms with Crippen molar-refractivity contribution in [2.45, 2.75) is 31.7 Å². The topological polar surface area (TPSA) is 58.4 Å². The number of nitrogens with one attached hydrogen (secondary N) is 1. The number of nitrogens with two attached hydrogens (primary N) is 1. The van der Waals surface area contributed by atoms with Gasteiger partial charge in [-0.3, -0.25) is 4.79 Å². The van der Waals surface area contributed by atoms with Crippen LogP contribution in [-0.2, 0) is 4.79 Å². The van der Waals surface area contributed by atoms with Crippen molar-refractivity contribution in [2.24, 2.45) is 5.73 Å². The lowest BCUT2D eigenvalue weighted by Gasteiger charge is -2.20. The lowest BCUT2D eigenvalue weighted by Crippen LogP contribution is -2.43. The number of carbonyl (C=O) groups is 1. The van der Waals surface area contributed by atoms with Gasteiger partial charge in [0, 0.05) is 32.1 Å². The summed E-state index contributed by atoms with van der Waals surface area (Å²) in [7, 11) is 0. The average Bonchev–Trinajstić information content (AvgIpc) is 2.76. The second kappa shape index (κ2) is 6.75. The van der Waals surface area contributed by atoms with Crippen molar-refractivity contribution in [3.63, 3.8) is 0 Å². The number of alkyl halides is 2. The molecule has 94 valence electrons. The fourth-order valence-corrected chi connectivity index (χ4v) is 1.80. The van der Waals surface area contributed by atoms with Crippen LogP contribution in [0.4, 0.5) is 8.78 Å². The Morgan fingerprint density at radius 3 is 2.50 bits per heavy atom. The molecule has 1 saturated heterocycles. The van der Waals surface area contributed by atoms with E-state index in [2.05, 4.69) is 5.32 Å². The Labute approximate surface area is 94.2 Å². The SMILES string of the molecule is NCC(CC(=O)N1CCCC1)NCC(F)F. The van der Waals surface area contributed by atoms with Crippen LogP contribution in [0.25, 0.3) is 0 Å². The molecule has 0 aromatic rings. The van der Waals surface area contributed by atoms with E-state index in [-0.39, 0.29) is 24.9 Å². The molecule has 4 nitrogen and oxygen atoms in total. The predicted molar refractivity (Wildman–Crippen MR) is 57.3 cm³/mol. The van der Waals surface area contributed by atoms with Crippen molar-refractivity contribution < 1.29 is 13.6 Å². The van der Waals surface area contributed by atoms with Crippen LogP contribution in [0, 0.1) is 0 Å². The fraction of sp³-hybridized carbons (Fsp3) is 0.900. The van der Waals surface area contributed by atoms with Crippen LogP contribution in [0.2, 0.25) is 0 Å². The zero-order valence-corrected chi connectivity index (χ0v) is 9.29. The van der Waals surface area contributed by atoms with Gasteiger partial charge in [0.1, 0.15) is 0 Å². The van der Waals surface area contributed by atoms with Crippen LogP contribution in [0.5, 0.6) is 0 Å². The summed E-state index contributed by atoms with van der Waals surface area (Å²) in [5, 5.41) is 2.60. The van der Waals surface area contributed by atoms with E-state index in [0.717, 1.165) is 25.9 Å². The molecule has 0 radical (unpaired) electrons. The van der Waals surface area contributed by atoms with Crippen molar-refractivity contribution >= 4 is 5.91 Å². The van der Waals surface area contributed by atoms with Crippen LogP contribution in [-0.4, -0.2) is 49.5 Å². The van der Waals surface area contributed by atoms with Crippen LogP contribution in [0.3, 0.4) is 0 Å². The van der Waals surface area contributed by atoms with Crippen molar-refractivity contribution in [2.75, 3.05) is 26.2 Å². The lowest BCUT2D eigenvalue weighted by atomic mass is 10.2. The molecule has 16 heavy (non-hydrogen) atoms. The molecule has 0 saturated carbocycles. The molecule has 0 aromatic carbocycles. The maximum absolute atomic E-state index is 12.0. The van der Waals surface area contributed by atoms with E-state index in [1.165, 1.54) is 0 Å². The van der Waals surface area contributed by atoms with Gasteiger partial charge in [-0.15, -0.1) is 0 Å². The Bertz CT molecular complexity index is 220. The zero-order chi connectivity index (χ0) is 12.0. The first-order valence-electron chi connectivity index (χ1n) is 5.63. The standard InChI is InChI=1S/C10H19F2N3O/c11-9(12)7-14-8(6-13)5-10(16)15-3-1-2-4-15/h8-9,14H,1-7,13H2. The molecule has 0 aliphatic carbocycles. The van der Waals surface area contributed by atoms with Crippen LogP contribution >= 0.6 is 0 Å². The predicted octanol–water partition coefficient (Wildman–Crippen LogP) is 0.181. The molecule has 3 N–H and O–H groups in total. The highest BCUT2D eigenvalue weighted by Gasteiger charge is 2.21.